The molecule has 5 heteroatoms. The molecule has 1 N–H and O–H groups in total. The second kappa shape index (κ2) is 3.48. The first-order chi connectivity index (χ1) is 8.19. The maximum absolute atomic E-state index is 11.1. The number of oxazole rings is 1. The summed E-state index contributed by atoms with van der Waals surface area (Å²) < 4.78 is 10.6. The highest BCUT2D eigenvalue weighted by Gasteiger charge is 2.30. The molecule has 2 aromatic rings. The number of aromatic nitrogens is 1. The number of carboxylic acid groups (broad SMARTS) is 1. The fourth-order valence-corrected chi connectivity index (χ4v) is 1.81. The number of hydrogen-bond acceptors (Lipinski definition) is 4. The van der Waals surface area contributed by atoms with Crippen LogP contribution in [0.1, 0.15) is 35.0 Å². The SMILES string of the molecule is COc1cc(C(=O)O)c2oc(C3CC3)nc2c1. The number of rotatable bonds is 3. The highest BCUT2D eigenvalue weighted by molar-refractivity contribution is 6.00. The molecule has 0 radical (unpaired) electrons. The van der Waals surface area contributed by atoms with Gasteiger partial charge in [-0.3, -0.25) is 0 Å². The number of aromatic carboxylic acids is 1. The normalized spacial score (nSPS) is 15.1. The van der Waals surface area contributed by atoms with Crippen LogP contribution in [0.25, 0.3) is 11.1 Å². The lowest BCUT2D eigenvalue weighted by Crippen LogP contribution is -1.97. The van der Waals surface area contributed by atoms with Crippen molar-refractivity contribution in [3.8, 4) is 5.75 Å². The zero-order valence-electron chi connectivity index (χ0n) is 9.27. The maximum atomic E-state index is 11.1. The highest BCUT2D eigenvalue weighted by Crippen LogP contribution is 2.41. The molecule has 0 aliphatic heterocycles. The summed E-state index contributed by atoms with van der Waals surface area (Å²) in [5.74, 6) is 0.434. The minimum Gasteiger partial charge on any atom is -0.497 e. The van der Waals surface area contributed by atoms with Gasteiger partial charge in [-0.15, -0.1) is 0 Å². The Balaban J connectivity index is 2.23. The van der Waals surface area contributed by atoms with Crippen LogP contribution < -0.4 is 4.74 Å². The first-order valence-electron chi connectivity index (χ1n) is 5.41. The Labute approximate surface area is 97.0 Å². The Morgan fingerprint density at radius 2 is 2.29 bits per heavy atom. The fourth-order valence-electron chi connectivity index (χ4n) is 1.81. The van der Waals surface area contributed by atoms with Crippen LogP contribution in [0.5, 0.6) is 5.75 Å². The molecule has 0 saturated heterocycles. The van der Waals surface area contributed by atoms with Gasteiger partial charge in [0.15, 0.2) is 11.5 Å². The number of methoxy groups -OCH3 is 1. The number of carboxylic acids is 1. The lowest BCUT2D eigenvalue weighted by molar-refractivity contribution is 0.0697. The third-order valence-electron chi connectivity index (χ3n) is 2.87. The van der Waals surface area contributed by atoms with Gasteiger partial charge >= 0.3 is 5.97 Å². The van der Waals surface area contributed by atoms with Crippen LogP contribution in [0.15, 0.2) is 16.5 Å². The summed E-state index contributed by atoms with van der Waals surface area (Å²) in [6.45, 7) is 0. The van der Waals surface area contributed by atoms with E-state index in [0.29, 0.717) is 28.7 Å². The number of fused-ring (bicyclic) bond motifs is 1. The van der Waals surface area contributed by atoms with Crippen LogP contribution in [0, 0.1) is 0 Å². The van der Waals surface area contributed by atoms with Gasteiger partial charge in [0.05, 0.1) is 7.11 Å². The van der Waals surface area contributed by atoms with E-state index in [1.165, 1.54) is 13.2 Å². The highest BCUT2D eigenvalue weighted by atomic mass is 16.5. The van der Waals surface area contributed by atoms with Crippen molar-refractivity contribution in [2.45, 2.75) is 18.8 Å². The Bertz CT molecular complexity index is 598. The second-order valence-corrected chi connectivity index (χ2v) is 4.15. The molecule has 0 atom stereocenters. The average molecular weight is 233 g/mol. The van der Waals surface area contributed by atoms with E-state index < -0.39 is 5.97 Å². The first kappa shape index (κ1) is 10.1. The number of carbonyl (C=O) groups is 1. The maximum Gasteiger partial charge on any atom is 0.339 e. The van der Waals surface area contributed by atoms with Gasteiger partial charge < -0.3 is 14.3 Å². The van der Waals surface area contributed by atoms with Crippen LogP contribution in [-0.2, 0) is 0 Å². The Hall–Kier alpha value is -2.04. The van der Waals surface area contributed by atoms with E-state index in [0.717, 1.165) is 12.8 Å². The Morgan fingerprint density at radius 1 is 1.53 bits per heavy atom. The molecule has 5 nitrogen and oxygen atoms in total. The largest absolute Gasteiger partial charge is 0.497 e. The molecule has 17 heavy (non-hydrogen) atoms. The quantitative estimate of drug-likeness (QED) is 0.881. The molecule has 88 valence electrons. The van der Waals surface area contributed by atoms with Crippen molar-refractivity contribution < 1.29 is 19.1 Å². The molecule has 3 rings (SSSR count). The molecule has 0 unspecified atom stereocenters. The average Bonchev–Trinajstić information content (AvgIpc) is 3.07. The van der Waals surface area contributed by atoms with Gasteiger partial charge in [-0.2, -0.15) is 0 Å². The van der Waals surface area contributed by atoms with Crippen molar-refractivity contribution in [1.82, 2.24) is 4.98 Å². The molecule has 0 amide bonds. The molecule has 0 bridgehead atoms. The molecule has 1 fully saturated rings. The van der Waals surface area contributed by atoms with Crippen molar-refractivity contribution in [3.05, 3.63) is 23.6 Å². The van der Waals surface area contributed by atoms with Crippen molar-refractivity contribution in [1.29, 1.82) is 0 Å². The van der Waals surface area contributed by atoms with Crippen molar-refractivity contribution in [3.63, 3.8) is 0 Å². The van der Waals surface area contributed by atoms with Crippen molar-refractivity contribution >= 4 is 17.1 Å². The smallest absolute Gasteiger partial charge is 0.339 e. The summed E-state index contributed by atoms with van der Waals surface area (Å²) in [4.78, 5) is 15.5. The number of nitrogens with zero attached hydrogens (tertiary/aromatic N) is 1. The van der Waals surface area contributed by atoms with Gasteiger partial charge in [-0.25, -0.2) is 9.78 Å². The predicted molar refractivity (Wildman–Crippen MR) is 59.5 cm³/mol. The lowest BCUT2D eigenvalue weighted by atomic mass is 10.2. The molecule has 1 aromatic heterocycles. The van der Waals surface area contributed by atoms with E-state index in [1.54, 1.807) is 6.07 Å². The van der Waals surface area contributed by atoms with Gasteiger partial charge in [0.1, 0.15) is 16.8 Å². The standard InChI is InChI=1S/C12H11NO4/c1-16-7-4-8(12(14)15)10-9(5-7)13-11(17-10)6-2-3-6/h4-6H,2-3H2,1H3,(H,14,15). The molecule has 1 aliphatic rings. The van der Waals surface area contributed by atoms with E-state index in [9.17, 15) is 4.79 Å². The second-order valence-electron chi connectivity index (χ2n) is 4.15. The molecule has 1 aromatic carbocycles. The lowest BCUT2D eigenvalue weighted by Gasteiger charge is -2.00. The number of benzene rings is 1. The summed E-state index contributed by atoms with van der Waals surface area (Å²) in [6.07, 6.45) is 2.12. The van der Waals surface area contributed by atoms with E-state index >= 15 is 0 Å². The summed E-state index contributed by atoms with van der Waals surface area (Å²) in [7, 11) is 1.49. The molecular weight excluding hydrogens is 222 g/mol. The summed E-state index contributed by atoms with van der Waals surface area (Å²) in [6, 6.07) is 3.14. The number of ether oxygens (including phenoxy) is 1. The predicted octanol–water partition coefficient (Wildman–Crippen LogP) is 2.41. The summed E-state index contributed by atoms with van der Waals surface area (Å²) >= 11 is 0. The third kappa shape index (κ3) is 1.63. The first-order valence-corrected chi connectivity index (χ1v) is 5.41. The minimum absolute atomic E-state index is 0.0961. The zero-order valence-corrected chi connectivity index (χ0v) is 9.27. The van der Waals surface area contributed by atoms with Gasteiger partial charge in [0.25, 0.3) is 0 Å². The third-order valence-corrected chi connectivity index (χ3v) is 2.87. The van der Waals surface area contributed by atoms with Crippen LogP contribution in [0.2, 0.25) is 0 Å². The zero-order chi connectivity index (χ0) is 12.0. The van der Waals surface area contributed by atoms with Crippen molar-refractivity contribution in [2.24, 2.45) is 0 Å². The molecular formula is C12H11NO4. The fraction of sp³-hybridized carbons (Fsp3) is 0.333. The van der Waals surface area contributed by atoms with E-state index in [2.05, 4.69) is 4.98 Å². The van der Waals surface area contributed by atoms with Crippen LogP contribution >= 0.6 is 0 Å². The molecule has 1 heterocycles. The van der Waals surface area contributed by atoms with Crippen LogP contribution in [0.3, 0.4) is 0 Å². The van der Waals surface area contributed by atoms with E-state index in [4.69, 9.17) is 14.3 Å². The van der Waals surface area contributed by atoms with Crippen molar-refractivity contribution in [2.75, 3.05) is 7.11 Å². The molecule has 1 saturated carbocycles. The molecule has 0 spiro atoms. The van der Waals surface area contributed by atoms with Gasteiger partial charge in [-0.05, 0) is 18.9 Å². The van der Waals surface area contributed by atoms with Crippen LogP contribution in [-0.4, -0.2) is 23.2 Å². The van der Waals surface area contributed by atoms with Gasteiger partial charge in [0, 0.05) is 12.0 Å². The summed E-state index contributed by atoms with van der Waals surface area (Å²) in [5, 5.41) is 9.12. The Morgan fingerprint density at radius 3 is 2.88 bits per heavy atom. The Kier molecular flexibility index (Phi) is 2.07. The molecule has 1 aliphatic carbocycles. The van der Waals surface area contributed by atoms with E-state index in [1.807, 2.05) is 0 Å². The van der Waals surface area contributed by atoms with Gasteiger partial charge in [-0.1, -0.05) is 0 Å². The topological polar surface area (TPSA) is 72.6 Å². The monoisotopic (exact) mass is 233 g/mol. The minimum atomic E-state index is -1.03. The summed E-state index contributed by atoms with van der Waals surface area (Å²) in [5.41, 5.74) is 0.975. The number of hydrogen-bond donors (Lipinski definition) is 1. The van der Waals surface area contributed by atoms with Crippen LogP contribution in [0.4, 0.5) is 0 Å². The van der Waals surface area contributed by atoms with E-state index in [-0.39, 0.29) is 5.56 Å². The van der Waals surface area contributed by atoms with Gasteiger partial charge in [0.2, 0.25) is 0 Å².